The number of rotatable bonds is 4. The van der Waals surface area contributed by atoms with Crippen molar-refractivity contribution in [3.63, 3.8) is 0 Å². The van der Waals surface area contributed by atoms with Crippen LogP contribution in [-0.4, -0.2) is 29.9 Å². The fraction of sp³-hybridized carbons (Fsp3) is 0.933. The molecule has 0 aromatic carbocycles. The standard InChI is InChI=1S/C15H28N2O/c1-2-17(13-8-4-3-5-9-13)15(18)14-10-6-7-12(14)11-16/h12-14H,2-11,16H2,1H3. The molecule has 2 unspecified atom stereocenters. The molecule has 0 aromatic rings. The maximum Gasteiger partial charge on any atom is 0.226 e. The predicted molar refractivity (Wildman–Crippen MR) is 74.1 cm³/mol. The van der Waals surface area contributed by atoms with E-state index in [4.69, 9.17) is 5.73 Å². The van der Waals surface area contributed by atoms with Crippen molar-refractivity contribution in [1.29, 1.82) is 0 Å². The summed E-state index contributed by atoms with van der Waals surface area (Å²) in [5.41, 5.74) is 5.81. The lowest BCUT2D eigenvalue weighted by atomic mass is 9.90. The SMILES string of the molecule is CCN(C(=O)C1CCCC1CN)C1CCCCC1. The van der Waals surface area contributed by atoms with E-state index in [2.05, 4.69) is 11.8 Å². The van der Waals surface area contributed by atoms with Gasteiger partial charge < -0.3 is 10.6 Å². The fourth-order valence-corrected chi connectivity index (χ4v) is 3.84. The predicted octanol–water partition coefficient (Wildman–Crippen LogP) is 2.54. The highest BCUT2D eigenvalue weighted by Gasteiger charge is 2.36. The molecule has 0 aromatic heterocycles. The lowest BCUT2D eigenvalue weighted by molar-refractivity contribution is -0.139. The highest BCUT2D eigenvalue weighted by Crippen LogP contribution is 2.34. The van der Waals surface area contributed by atoms with E-state index < -0.39 is 0 Å². The number of hydrogen-bond donors (Lipinski definition) is 1. The molecule has 0 saturated heterocycles. The Morgan fingerprint density at radius 2 is 1.83 bits per heavy atom. The summed E-state index contributed by atoms with van der Waals surface area (Å²) in [6, 6.07) is 0.510. The van der Waals surface area contributed by atoms with E-state index in [9.17, 15) is 4.79 Å². The minimum absolute atomic E-state index is 0.219. The summed E-state index contributed by atoms with van der Waals surface area (Å²) in [6.45, 7) is 3.68. The van der Waals surface area contributed by atoms with Gasteiger partial charge in [0, 0.05) is 18.5 Å². The molecule has 0 aliphatic heterocycles. The molecule has 2 atom stereocenters. The second-order valence-corrected chi connectivity index (χ2v) is 5.95. The fourth-order valence-electron chi connectivity index (χ4n) is 3.84. The lowest BCUT2D eigenvalue weighted by Gasteiger charge is -2.36. The number of nitrogens with zero attached hydrogens (tertiary/aromatic N) is 1. The van der Waals surface area contributed by atoms with Crippen molar-refractivity contribution in [2.24, 2.45) is 17.6 Å². The average molecular weight is 252 g/mol. The van der Waals surface area contributed by atoms with Gasteiger partial charge in [-0.2, -0.15) is 0 Å². The maximum absolute atomic E-state index is 12.7. The van der Waals surface area contributed by atoms with E-state index in [1.165, 1.54) is 38.5 Å². The zero-order chi connectivity index (χ0) is 13.0. The molecule has 2 aliphatic rings. The van der Waals surface area contributed by atoms with Crippen molar-refractivity contribution in [2.75, 3.05) is 13.1 Å². The Morgan fingerprint density at radius 3 is 2.44 bits per heavy atom. The Labute approximate surface area is 111 Å². The third-order valence-corrected chi connectivity index (χ3v) is 4.92. The van der Waals surface area contributed by atoms with Crippen molar-refractivity contribution in [3.05, 3.63) is 0 Å². The van der Waals surface area contributed by atoms with Gasteiger partial charge in [-0.3, -0.25) is 4.79 Å². The molecule has 18 heavy (non-hydrogen) atoms. The van der Waals surface area contributed by atoms with E-state index >= 15 is 0 Å². The molecule has 2 aliphatic carbocycles. The van der Waals surface area contributed by atoms with Crippen LogP contribution in [0.4, 0.5) is 0 Å². The number of nitrogens with two attached hydrogens (primary N) is 1. The minimum Gasteiger partial charge on any atom is -0.340 e. The summed E-state index contributed by atoms with van der Waals surface area (Å²) in [5, 5.41) is 0. The first-order valence-corrected chi connectivity index (χ1v) is 7.78. The number of carbonyl (C=O) groups excluding carboxylic acids is 1. The molecule has 2 N–H and O–H groups in total. The van der Waals surface area contributed by atoms with Crippen LogP contribution < -0.4 is 5.73 Å². The zero-order valence-electron chi connectivity index (χ0n) is 11.7. The molecule has 2 rings (SSSR count). The normalized spacial score (nSPS) is 29.4. The molecule has 104 valence electrons. The molecular formula is C15H28N2O. The average Bonchev–Trinajstić information content (AvgIpc) is 2.89. The van der Waals surface area contributed by atoms with Gasteiger partial charge in [0.2, 0.25) is 5.91 Å². The van der Waals surface area contributed by atoms with E-state index in [-0.39, 0.29) is 5.92 Å². The third-order valence-electron chi connectivity index (χ3n) is 4.92. The summed E-state index contributed by atoms with van der Waals surface area (Å²) in [7, 11) is 0. The first-order chi connectivity index (χ1) is 8.77. The van der Waals surface area contributed by atoms with Crippen LogP contribution in [-0.2, 0) is 4.79 Å². The second-order valence-electron chi connectivity index (χ2n) is 5.95. The summed E-state index contributed by atoms with van der Waals surface area (Å²) in [6.07, 6.45) is 9.73. The van der Waals surface area contributed by atoms with Crippen LogP contribution in [0.25, 0.3) is 0 Å². The molecule has 3 heteroatoms. The molecule has 0 spiro atoms. The van der Waals surface area contributed by atoms with Gasteiger partial charge in [-0.15, -0.1) is 0 Å². The Balaban J connectivity index is 1.99. The van der Waals surface area contributed by atoms with E-state index in [1.54, 1.807) is 0 Å². The van der Waals surface area contributed by atoms with E-state index in [0.29, 0.717) is 24.4 Å². The van der Waals surface area contributed by atoms with Crippen molar-refractivity contribution in [1.82, 2.24) is 4.90 Å². The molecule has 2 saturated carbocycles. The summed E-state index contributed by atoms with van der Waals surface area (Å²) < 4.78 is 0. The van der Waals surface area contributed by atoms with Gasteiger partial charge in [0.15, 0.2) is 0 Å². The smallest absolute Gasteiger partial charge is 0.226 e. The largest absolute Gasteiger partial charge is 0.340 e. The highest BCUT2D eigenvalue weighted by atomic mass is 16.2. The van der Waals surface area contributed by atoms with Gasteiger partial charge in [-0.1, -0.05) is 25.7 Å². The van der Waals surface area contributed by atoms with Crippen molar-refractivity contribution in [3.8, 4) is 0 Å². The van der Waals surface area contributed by atoms with Gasteiger partial charge in [0.1, 0.15) is 0 Å². The van der Waals surface area contributed by atoms with Gasteiger partial charge in [-0.05, 0) is 45.1 Å². The van der Waals surface area contributed by atoms with Gasteiger partial charge >= 0.3 is 0 Å². The van der Waals surface area contributed by atoms with Crippen LogP contribution in [0.15, 0.2) is 0 Å². The lowest BCUT2D eigenvalue weighted by Crippen LogP contribution is -2.45. The Kier molecular flexibility index (Phi) is 5.04. The summed E-state index contributed by atoms with van der Waals surface area (Å²) in [4.78, 5) is 14.9. The van der Waals surface area contributed by atoms with Crippen LogP contribution in [0.5, 0.6) is 0 Å². The van der Waals surface area contributed by atoms with Crippen molar-refractivity contribution < 1.29 is 4.79 Å². The van der Waals surface area contributed by atoms with Crippen molar-refractivity contribution in [2.45, 2.75) is 64.3 Å². The molecule has 1 amide bonds. The molecular weight excluding hydrogens is 224 g/mol. The van der Waals surface area contributed by atoms with E-state index in [1.807, 2.05) is 0 Å². The third kappa shape index (κ3) is 2.87. The quantitative estimate of drug-likeness (QED) is 0.835. The topological polar surface area (TPSA) is 46.3 Å². The first kappa shape index (κ1) is 13.9. The first-order valence-electron chi connectivity index (χ1n) is 7.78. The maximum atomic E-state index is 12.7. The van der Waals surface area contributed by atoms with Gasteiger partial charge in [0.25, 0.3) is 0 Å². The Bertz CT molecular complexity index is 274. The van der Waals surface area contributed by atoms with Crippen LogP contribution in [0.1, 0.15) is 58.3 Å². The summed E-state index contributed by atoms with van der Waals surface area (Å²) >= 11 is 0. The molecule has 0 radical (unpaired) electrons. The highest BCUT2D eigenvalue weighted by molar-refractivity contribution is 5.79. The molecule has 3 nitrogen and oxygen atoms in total. The molecule has 2 fully saturated rings. The number of carbonyl (C=O) groups is 1. The second kappa shape index (κ2) is 6.55. The minimum atomic E-state index is 0.219. The zero-order valence-corrected chi connectivity index (χ0v) is 11.7. The number of amides is 1. The van der Waals surface area contributed by atoms with Crippen molar-refractivity contribution >= 4 is 5.91 Å². The summed E-state index contributed by atoms with van der Waals surface area (Å²) in [5.74, 6) is 1.06. The van der Waals surface area contributed by atoms with Crippen LogP contribution in [0, 0.1) is 11.8 Å². The molecule has 0 heterocycles. The Morgan fingerprint density at radius 1 is 1.11 bits per heavy atom. The Hall–Kier alpha value is -0.570. The van der Waals surface area contributed by atoms with Gasteiger partial charge in [0.05, 0.1) is 0 Å². The van der Waals surface area contributed by atoms with Crippen LogP contribution in [0.3, 0.4) is 0 Å². The number of hydrogen-bond acceptors (Lipinski definition) is 2. The monoisotopic (exact) mass is 252 g/mol. The van der Waals surface area contributed by atoms with Crippen LogP contribution in [0.2, 0.25) is 0 Å². The van der Waals surface area contributed by atoms with Gasteiger partial charge in [-0.25, -0.2) is 0 Å². The van der Waals surface area contributed by atoms with Crippen LogP contribution >= 0.6 is 0 Å². The molecule has 0 bridgehead atoms. The van der Waals surface area contributed by atoms with E-state index in [0.717, 1.165) is 19.4 Å².